The Bertz CT molecular complexity index is 326. The Morgan fingerprint density at radius 2 is 1.89 bits per heavy atom. The highest BCUT2D eigenvalue weighted by molar-refractivity contribution is 6.21. The van der Waals surface area contributed by atoms with Crippen molar-refractivity contribution in [2.45, 2.75) is 69.3 Å². The number of hydrogen-bond acceptors (Lipinski definition) is 2. The molecule has 2 aliphatic rings. The van der Waals surface area contributed by atoms with Crippen LogP contribution < -0.4 is 5.32 Å². The van der Waals surface area contributed by atoms with E-state index in [4.69, 9.17) is 11.6 Å². The first-order chi connectivity index (χ1) is 8.90. The van der Waals surface area contributed by atoms with Crippen molar-refractivity contribution < 1.29 is 4.79 Å². The number of nitrogens with one attached hydrogen (secondary N) is 1. The molecule has 2 fully saturated rings. The fraction of sp³-hybridized carbons (Fsp3) is 0.933. The van der Waals surface area contributed by atoms with Gasteiger partial charge >= 0.3 is 0 Å². The second-order valence-corrected chi connectivity index (χ2v) is 7.45. The SMILES string of the molecule is CN1C[C@@H](Cl)C[C@H]1C(=O)NC(C)(C)C1CCCCC1. The van der Waals surface area contributed by atoms with E-state index in [1.807, 2.05) is 7.05 Å². The average molecular weight is 287 g/mol. The van der Waals surface area contributed by atoms with Gasteiger partial charge in [0.05, 0.1) is 6.04 Å². The number of nitrogens with zero attached hydrogens (tertiary/aromatic N) is 1. The Kier molecular flexibility index (Phi) is 4.78. The minimum Gasteiger partial charge on any atom is -0.350 e. The van der Waals surface area contributed by atoms with E-state index in [0.717, 1.165) is 13.0 Å². The zero-order valence-electron chi connectivity index (χ0n) is 12.4. The van der Waals surface area contributed by atoms with Gasteiger partial charge in [-0.1, -0.05) is 19.3 Å². The minimum atomic E-state index is -0.0945. The Labute approximate surface area is 122 Å². The van der Waals surface area contributed by atoms with Crippen molar-refractivity contribution in [3.05, 3.63) is 0 Å². The molecular formula is C15H27ClN2O. The number of hydrogen-bond donors (Lipinski definition) is 1. The summed E-state index contributed by atoms with van der Waals surface area (Å²) in [6.07, 6.45) is 7.20. The molecule has 110 valence electrons. The number of halogens is 1. The predicted octanol–water partition coefficient (Wildman–Crippen LogP) is 2.77. The molecule has 1 aliphatic heterocycles. The average Bonchev–Trinajstić information content (AvgIpc) is 2.69. The summed E-state index contributed by atoms with van der Waals surface area (Å²) in [5.74, 6) is 0.768. The molecule has 1 aliphatic carbocycles. The monoisotopic (exact) mass is 286 g/mol. The second kappa shape index (κ2) is 6.01. The van der Waals surface area contributed by atoms with Gasteiger partial charge in [0.25, 0.3) is 0 Å². The third kappa shape index (κ3) is 3.63. The second-order valence-electron chi connectivity index (χ2n) is 6.83. The molecule has 1 amide bonds. The van der Waals surface area contributed by atoms with Gasteiger partial charge in [-0.2, -0.15) is 0 Å². The molecule has 0 spiro atoms. The van der Waals surface area contributed by atoms with E-state index in [0.29, 0.717) is 5.92 Å². The van der Waals surface area contributed by atoms with Crippen molar-refractivity contribution in [1.29, 1.82) is 0 Å². The Morgan fingerprint density at radius 3 is 2.42 bits per heavy atom. The largest absolute Gasteiger partial charge is 0.350 e. The van der Waals surface area contributed by atoms with Gasteiger partial charge in [0.2, 0.25) is 5.91 Å². The normalized spacial score (nSPS) is 30.5. The summed E-state index contributed by atoms with van der Waals surface area (Å²) < 4.78 is 0. The molecule has 0 radical (unpaired) electrons. The fourth-order valence-electron chi connectivity index (χ4n) is 3.57. The van der Waals surface area contributed by atoms with Crippen LogP contribution in [-0.2, 0) is 4.79 Å². The summed E-state index contributed by atoms with van der Waals surface area (Å²) in [6.45, 7) is 5.16. The van der Waals surface area contributed by atoms with Crippen LogP contribution in [-0.4, -0.2) is 41.4 Å². The Morgan fingerprint density at radius 1 is 1.26 bits per heavy atom. The van der Waals surface area contributed by atoms with Crippen LogP contribution in [0.2, 0.25) is 0 Å². The third-order valence-electron chi connectivity index (χ3n) is 4.87. The molecule has 3 nitrogen and oxygen atoms in total. The van der Waals surface area contributed by atoms with Crippen molar-refractivity contribution in [2.24, 2.45) is 5.92 Å². The van der Waals surface area contributed by atoms with E-state index in [1.165, 1.54) is 32.1 Å². The van der Waals surface area contributed by atoms with Gasteiger partial charge in [-0.05, 0) is 46.1 Å². The van der Waals surface area contributed by atoms with Gasteiger partial charge in [-0.3, -0.25) is 9.69 Å². The van der Waals surface area contributed by atoms with E-state index in [9.17, 15) is 4.79 Å². The molecule has 0 bridgehead atoms. The van der Waals surface area contributed by atoms with Gasteiger partial charge in [0.15, 0.2) is 0 Å². The quantitative estimate of drug-likeness (QED) is 0.809. The fourth-order valence-corrected chi connectivity index (χ4v) is 3.96. The maximum Gasteiger partial charge on any atom is 0.237 e. The molecule has 1 saturated carbocycles. The van der Waals surface area contributed by atoms with Crippen LogP contribution in [0.3, 0.4) is 0 Å². The van der Waals surface area contributed by atoms with E-state index < -0.39 is 0 Å². The van der Waals surface area contributed by atoms with E-state index in [1.54, 1.807) is 0 Å². The van der Waals surface area contributed by atoms with Crippen LogP contribution >= 0.6 is 11.6 Å². The minimum absolute atomic E-state index is 0.0506. The molecule has 2 atom stereocenters. The smallest absolute Gasteiger partial charge is 0.237 e. The number of amides is 1. The van der Waals surface area contributed by atoms with Crippen molar-refractivity contribution in [1.82, 2.24) is 10.2 Å². The lowest BCUT2D eigenvalue weighted by Gasteiger charge is -2.38. The third-order valence-corrected chi connectivity index (χ3v) is 5.19. The van der Waals surface area contributed by atoms with Crippen molar-refractivity contribution in [3.63, 3.8) is 0 Å². The molecule has 2 rings (SSSR count). The van der Waals surface area contributed by atoms with Gasteiger partial charge in [-0.15, -0.1) is 11.6 Å². The lowest BCUT2D eigenvalue weighted by Crippen LogP contribution is -2.54. The van der Waals surface area contributed by atoms with Crippen molar-refractivity contribution in [2.75, 3.05) is 13.6 Å². The topological polar surface area (TPSA) is 32.3 Å². The number of likely N-dealkylation sites (N-methyl/N-ethyl adjacent to an activating group) is 1. The van der Waals surface area contributed by atoms with Crippen LogP contribution in [0.25, 0.3) is 0 Å². The maximum atomic E-state index is 12.4. The van der Waals surface area contributed by atoms with Crippen molar-refractivity contribution >= 4 is 17.5 Å². The standard InChI is InChI=1S/C15H27ClN2O/c1-15(2,11-7-5-4-6-8-11)17-14(19)13-9-12(16)10-18(13)3/h11-13H,4-10H2,1-3H3,(H,17,19)/t12-,13-/m0/s1. The summed E-state index contributed by atoms with van der Waals surface area (Å²) in [5.41, 5.74) is -0.0945. The Hall–Kier alpha value is -0.280. The first-order valence-corrected chi connectivity index (χ1v) is 8.00. The molecular weight excluding hydrogens is 260 g/mol. The summed E-state index contributed by atoms with van der Waals surface area (Å²) >= 11 is 6.14. The maximum absolute atomic E-state index is 12.4. The molecule has 1 N–H and O–H groups in total. The highest BCUT2D eigenvalue weighted by Crippen LogP contribution is 2.32. The molecule has 1 heterocycles. The molecule has 0 unspecified atom stereocenters. The van der Waals surface area contributed by atoms with E-state index >= 15 is 0 Å². The number of carbonyl (C=O) groups is 1. The number of carbonyl (C=O) groups excluding carboxylic acids is 1. The van der Waals surface area contributed by atoms with Crippen LogP contribution in [0.1, 0.15) is 52.4 Å². The summed E-state index contributed by atoms with van der Waals surface area (Å²) in [6, 6.07) is -0.0506. The van der Waals surface area contributed by atoms with Gasteiger partial charge in [0, 0.05) is 17.5 Å². The molecule has 19 heavy (non-hydrogen) atoms. The molecule has 0 aromatic heterocycles. The van der Waals surface area contributed by atoms with Gasteiger partial charge < -0.3 is 5.32 Å². The van der Waals surface area contributed by atoms with Crippen LogP contribution in [0, 0.1) is 5.92 Å². The summed E-state index contributed by atoms with van der Waals surface area (Å²) in [7, 11) is 1.99. The highest BCUT2D eigenvalue weighted by atomic mass is 35.5. The molecule has 0 aromatic carbocycles. The molecule has 4 heteroatoms. The van der Waals surface area contributed by atoms with E-state index in [-0.39, 0.29) is 22.9 Å². The number of likely N-dealkylation sites (tertiary alicyclic amines) is 1. The zero-order valence-corrected chi connectivity index (χ0v) is 13.2. The highest BCUT2D eigenvalue weighted by Gasteiger charge is 2.38. The van der Waals surface area contributed by atoms with Crippen LogP contribution in [0.15, 0.2) is 0 Å². The van der Waals surface area contributed by atoms with Gasteiger partial charge in [0.1, 0.15) is 0 Å². The lowest BCUT2D eigenvalue weighted by atomic mass is 9.76. The van der Waals surface area contributed by atoms with Crippen LogP contribution in [0.5, 0.6) is 0 Å². The Balaban J connectivity index is 1.93. The first kappa shape index (κ1) is 15.1. The van der Waals surface area contributed by atoms with Crippen molar-refractivity contribution in [3.8, 4) is 0 Å². The predicted molar refractivity (Wildman–Crippen MR) is 79.5 cm³/mol. The molecule has 1 saturated heterocycles. The molecule has 0 aromatic rings. The number of rotatable bonds is 3. The summed E-state index contributed by atoms with van der Waals surface area (Å²) in [5, 5.41) is 3.39. The summed E-state index contributed by atoms with van der Waals surface area (Å²) in [4.78, 5) is 14.5. The number of alkyl halides is 1. The van der Waals surface area contributed by atoms with Crippen LogP contribution in [0.4, 0.5) is 0 Å². The van der Waals surface area contributed by atoms with Gasteiger partial charge in [-0.25, -0.2) is 0 Å². The lowest BCUT2D eigenvalue weighted by molar-refractivity contribution is -0.127. The zero-order chi connectivity index (χ0) is 14.0. The first-order valence-electron chi connectivity index (χ1n) is 7.56. The van der Waals surface area contributed by atoms with E-state index in [2.05, 4.69) is 24.1 Å².